The molecule has 0 unspecified atom stereocenters. The fourth-order valence-electron chi connectivity index (χ4n) is 4.96. The number of tetrazole rings is 1. The number of fused-ring (bicyclic) bond motifs is 1. The number of benzene rings is 2. The third-order valence-corrected chi connectivity index (χ3v) is 7.08. The first-order valence-electron chi connectivity index (χ1n) is 12.7. The summed E-state index contributed by atoms with van der Waals surface area (Å²) in [5, 5.41) is 14.5. The van der Waals surface area contributed by atoms with Gasteiger partial charge < -0.3 is 4.57 Å². The zero-order valence-corrected chi connectivity index (χ0v) is 20.9. The molecule has 5 aromatic rings. The molecule has 1 aliphatic carbocycles. The summed E-state index contributed by atoms with van der Waals surface area (Å²) in [4.78, 5) is 31.4. The van der Waals surface area contributed by atoms with Crippen LogP contribution in [0.25, 0.3) is 33.7 Å². The maximum atomic E-state index is 13.6. The van der Waals surface area contributed by atoms with Crippen LogP contribution in [0.15, 0.2) is 58.1 Å². The highest BCUT2D eigenvalue weighted by Gasteiger charge is 2.26. The summed E-state index contributed by atoms with van der Waals surface area (Å²) in [6.07, 6.45) is 2.79. The van der Waals surface area contributed by atoms with Crippen molar-refractivity contribution in [1.29, 1.82) is 0 Å². The lowest BCUT2D eigenvalue weighted by atomic mass is 9.98. The largest absolute Gasteiger partial charge is 0.332 e. The number of H-pyrrole nitrogens is 1. The molecule has 0 amide bonds. The van der Waals surface area contributed by atoms with Crippen LogP contribution in [0.3, 0.4) is 0 Å². The highest BCUT2D eigenvalue weighted by Crippen LogP contribution is 2.31. The Morgan fingerprint density at radius 1 is 0.946 bits per heavy atom. The van der Waals surface area contributed by atoms with E-state index in [1.54, 1.807) is 4.57 Å². The number of hydrogen-bond acceptors (Lipinski definition) is 6. The van der Waals surface area contributed by atoms with Gasteiger partial charge in [-0.3, -0.25) is 13.9 Å². The lowest BCUT2D eigenvalue weighted by Gasteiger charge is -2.12. The Labute approximate surface area is 212 Å². The van der Waals surface area contributed by atoms with Crippen LogP contribution in [-0.2, 0) is 26.1 Å². The highest BCUT2D eigenvalue weighted by molar-refractivity contribution is 5.80. The molecule has 0 bridgehead atoms. The van der Waals surface area contributed by atoms with Crippen LogP contribution in [0, 0.1) is 5.92 Å². The van der Waals surface area contributed by atoms with Crippen molar-refractivity contribution in [1.82, 2.24) is 39.3 Å². The molecule has 1 saturated carbocycles. The normalized spacial score (nSPS) is 13.5. The number of aromatic amines is 1. The Balaban J connectivity index is 1.41. The molecule has 10 heteroatoms. The summed E-state index contributed by atoms with van der Waals surface area (Å²) < 4.78 is 5.03. The quantitative estimate of drug-likeness (QED) is 0.353. The third kappa shape index (κ3) is 4.08. The lowest BCUT2D eigenvalue weighted by molar-refractivity contribution is 0.543. The van der Waals surface area contributed by atoms with E-state index in [4.69, 9.17) is 4.98 Å². The van der Waals surface area contributed by atoms with Crippen LogP contribution in [-0.4, -0.2) is 39.3 Å². The minimum Gasteiger partial charge on any atom is -0.318 e. The van der Waals surface area contributed by atoms with E-state index in [9.17, 15) is 9.59 Å². The van der Waals surface area contributed by atoms with Gasteiger partial charge in [0, 0.05) is 31.6 Å². The van der Waals surface area contributed by atoms with Crippen LogP contribution in [0.4, 0.5) is 0 Å². The van der Waals surface area contributed by atoms with Crippen molar-refractivity contribution in [2.45, 2.75) is 52.7 Å². The number of nitrogens with one attached hydrogen (secondary N) is 1. The van der Waals surface area contributed by atoms with Crippen LogP contribution in [0.2, 0.25) is 0 Å². The fourth-order valence-corrected chi connectivity index (χ4v) is 4.96. The second-order valence-corrected chi connectivity index (χ2v) is 9.50. The Morgan fingerprint density at radius 2 is 1.70 bits per heavy atom. The Morgan fingerprint density at radius 3 is 2.35 bits per heavy atom. The first-order valence-corrected chi connectivity index (χ1v) is 12.7. The maximum Gasteiger partial charge on any atom is 0.332 e. The zero-order valence-electron chi connectivity index (χ0n) is 20.9. The number of rotatable bonds is 8. The van der Waals surface area contributed by atoms with Crippen LogP contribution >= 0.6 is 0 Å². The average molecular weight is 497 g/mol. The molecule has 3 aromatic heterocycles. The van der Waals surface area contributed by atoms with Gasteiger partial charge in [-0.2, -0.15) is 5.21 Å². The van der Waals surface area contributed by atoms with E-state index < -0.39 is 0 Å². The van der Waals surface area contributed by atoms with E-state index in [0.717, 1.165) is 40.9 Å². The van der Waals surface area contributed by atoms with Gasteiger partial charge in [0.1, 0.15) is 5.82 Å². The minimum absolute atomic E-state index is 0.241. The number of hydrogen-bond donors (Lipinski definition) is 1. The Bertz CT molecular complexity index is 1690. The van der Waals surface area contributed by atoms with Gasteiger partial charge in [-0.25, -0.2) is 9.78 Å². The van der Waals surface area contributed by atoms with Crippen molar-refractivity contribution in [2.24, 2.45) is 5.92 Å². The molecule has 0 saturated heterocycles. The highest BCUT2D eigenvalue weighted by atomic mass is 16.2. The first-order chi connectivity index (χ1) is 18.1. The molecule has 1 N–H and O–H groups in total. The lowest BCUT2D eigenvalue weighted by Crippen LogP contribution is -2.41. The number of imidazole rings is 1. The van der Waals surface area contributed by atoms with Gasteiger partial charge in [0.15, 0.2) is 11.2 Å². The molecule has 1 aliphatic rings. The molecular weight excluding hydrogens is 468 g/mol. The van der Waals surface area contributed by atoms with E-state index >= 15 is 0 Å². The van der Waals surface area contributed by atoms with Crippen LogP contribution in [0.1, 0.15) is 38.1 Å². The molecule has 3 heterocycles. The van der Waals surface area contributed by atoms with Crippen molar-refractivity contribution in [3.8, 4) is 22.5 Å². The van der Waals surface area contributed by atoms with Crippen molar-refractivity contribution < 1.29 is 0 Å². The smallest absolute Gasteiger partial charge is 0.318 e. The maximum absolute atomic E-state index is 13.6. The summed E-state index contributed by atoms with van der Waals surface area (Å²) >= 11 is 0. The topological polar surface area (TPSA) is 116 Å². The predicted molar refractivity (Wildman–Crippen MR) is 140 cm³/mol. The Kier molecular flexibility index (Phi) is 5.78. The fraction of sp³-hybridized carbons (Fsp3) is 0.333. The second-order valence-electron chi connectivity index (χ2n) is 9.50. The van der Waals surface area contributed by atoms with E-state index in [1.165, 1.54) is 4.57 Å². The van der Waals surface area contributed by atoms with Gasteiger partial charge in [0.25, 0.3) is 5.56 Å². The summed E-state index contributed by atoms with van der Waals surface area (Å²) in [5.74, 6) is 1.75. The molecule has 1 fully saturated rings. The summed E-state index contributed by atoms with van der Waals surface area (Å²) in [6, 6.07) is 16.2. The van der Waals surface area contributed by atoms with E-state index in [2.05, 4.69) is 44.9 Å². The molecule has 6 rings (SSSR count). The van der Waals surface area contributed by atoms with Crippen LogP contribution in [0.5, 0.6) is 0 Å². The molecule has 37 heavy (non-hydrogen) atoms. The van der Waals surface area contributed by atoms with Crippen molar-refractivity contribution >= 4 is 11.2 Å². The average Bonchev–Trinajstić information content (AvgIpc) is 3.43. The number of aromatic nitrogens is 8. The van der Waals surface area contributed by atoms with Gasteiger partial charge in [-0.1, -0.05) is 55.5 Å². The third-order valence-electron chi connectivity index (χ3n) is 7.08. The summed E-state index contributed by atoms with van der Waals surface area (Å²) in [6.45, 7) is 5.38. The Hall–Kier alpha value is -4.34. The SMILES string of the molecule is CCc1nc2c(c(=O)n(CC3CC3)c(=O)n2CC)n1Cc1ccc(-c2ccccc2-c2nn[nH]n2)cc1. The first kappa shape index (κ1) is 23.1. The monoisotopic (exact) mass is 496 g/mol. The van der Waals surface area contributed by atoms with Gasteiger partial charge >= 0.3 is 5.69 Å². The van der Waals surface area contributed by atoms with Gasteiger partial charge in [-0.15, -0.1) is 10.2 Å². The minimum atomic E-state index is -0.260. The molecule has 0 aliphatic heterocycles. The second kappa shape index (κ2) is 9.27. The summed E-state index contributed by atoms with van der Waals surface area (Å²) in [7, 11) is 0. The molecule has 188 valence electrons. The van der Waals surface area contributed by atoms with Gasteiger partial charge in [-0.05, 0) is 47.6 Å². The molecule has 0 spiro atoms. The molecule has 0 atom stereocenters. The van der Waals surface area contributed by atoms with Gasteiger partial charge in [0.05, 0.1) is 0 Å². The zero-order chi connectivity index (χ0) is 25.5. The van der Waals surface area contributed by atoms with E-state index in [1.807, 2.05) is 42.7 Å². The van der Waals surface area contributed by atoms with Crippen molar-refractivity contribution in [3.05, 3.63) is 80.8 Å². The van der Waals surface area contributed by atoms with E-state index in [-0.39, 0.29) is 11.2 Å². The number of aryl methyl sites for hydroxylation is 2. The standard InChI is InChI=1S/C27H28N8O2/c1-3-22-28-25-23(26(36)35(16-17-9-10-17)27(37)33(25)4-2)34(22)15-18-11-13-19(14-12-18)20-7-5-6-8-21(20)24-29-31-32-30-24/h5-8,11-14,17H,3-4,9-10,15-16H2,1-2H3,(H,29,30,31,32). The molecule has 0 radical (unpaired) electrons. The molecule has 10 nitrogen and oxygen atoms in total. The molecular formula is C27H28N8O2. The molecule has 2 aromatic carbocycles. The van der Waals surface area contributed by atoms with Gasteiger partial charge in [0.2, 0.25) is 5.82 Å². The number of nitrogens with zero attached hydrogens (tertiary/aromatic N) is 7. The van der Waals surface area contributed by atoms with Crippen LogP contribution < -0.4 is 11.2 Å². The van der Waals surface area contributed by atoms with Crippen molar-refractivity contribution in [3.63, 3.8) is 0 Å². The predicted octanol–water partition coefficient (Wildman–Crippen LogP) is 3.25. The summed E-state index contributed by atoms with van der Waals surface area (Å²) in [5.41, 5.74) is 4.45. The van der Waals surface area contributed by atoms with Crippen molar-refractivity contribution in [2.75, 3.05) is 0 Å². The van der Waals surface area contributed by atoms with E-state index in [0.29, 0.717) is 49.0 Å².